The molecule has 2 aromatic heterocycles. The van der Waals surface area contributed by atoms with Crippen molar-refractivity contribution in [1.82, 2.24) is 10.1 Å². The van der Waals surface area contributed by atoms with Crippen LogP contribution in [0.1, 0.15) is 37.0 Å². The summed E-state index contributed by atoms with van der Waals surface area (Å²) in [6.07, 6.45) is 3.61. The summed E-state index contributed by atoms with van der Waals surface area (Å²) in [6, 6.07) is 9.23. The summed E-state index contributed by atoms with van der Waals surface area (Å²) in [5.74, 6) is 1.92. The molecule has 3 aromatic rings. The van der Waals surface area contributed by atoms with Crippen molar-refractivity contribution in [2.75, 3.05) is 13.1 Å². The fourth-order valence-corrected chi connectivity index (χ4v) is 3.84. The Morgan fingerprint density at radius 2 is 2.12 bits per heavy atom. The molecule has 4 heteroatoms. The Labute approximate surface area is 142 Å². The lowest BCUT2D eigenvalue weighted by Gasteiger charge is -2.19. The van der Waals surface area contributed by atoms with Crippen LogP contribution in [-0.4, -0.2) is 29.2 Å². The average Bonchev–Trinajstić information content (AvgIpc) is 3.24. The molecule has 0 unspecified atom stereocenters. The molecular weight excluding hydrogens is 300 g/mol. The Hall–Kier alpha value is -2.07. The third kappa shape index (κ3) is 2.75. The number of benzene rings is 1. The maximum Gasteiger partial charge on any atom is 0.141 e. The molecule has 1 saturated heterocycles. The highest BCUT2D eigenvalue weighted by Crippen LogP contribution is 2.31. The van der Waals surface area contributed by atoms with Crippen LogP contribution in [0.15, 0.2) is 33.2 Å². The molecule has 1 aliphatic rings. The van der Waals surface area contributed by atoms with Gasteiger partial charge >= 0.3 is 0 Å². The standard InChI is InChI=1S/C20H24N2O2/c1-13-5-4-9-22(13)10-8-18-11-16-6-7-17(12-19(16)23-18)20-14(2)21-24-15(20)3/h6-7,11-13H,4-5,8-10H2,1-3H3/t13-/m1/s1. The molecule has 1 fully saturated rings. The highest BCUT2D eigenvalue weighted by molar-refractivity contribution is 5.84. The van der Waals surface area contributed by atoms with Crippen molar-refractivity contribution < 1.29 is 8.94 Å². The van der Waals surface area contributed by atoms with Crippen molar-refractivity contribution in [2.24, 2.45) is 0 Å². The lowest BCUT2D eigenvalue weighted by molar-refractivity contribution is 0.266. The maximum atomic E-state index is 6.10. The lowest BCUT2D eigenvalue weighted by atomic mass is 10.0. The molecule has 0 radical (unpaired) electrons. The van der Waals surface area contributed by atoms with E-state index >= 15 is 0 Å². The molecule has 1 aliphatic heterocycles. The van der Waals surface area contributed by atoms with Gasteiger partial charge in [-0.25, -0.2) is 0 Å². The van der Waals surface area contributed by atoms with Crippen molar-refractivity contribution in [3.63, 3.8) is 0 Å². The summed E-state index contributed by atoms with van der Waals surface area (Å²) in [6.45, 7) is 8.54. The van der Waals surface area contributed by atoms with E-state index in [9.17, 15) is 0 Å². The molecule has 0 aliphatic carbocycles. The van der Waals surface area contributed by atoms with Gasteiger partial charge in [0, 0.05) is 30.0 Å². The molecule has 1 aromatic carbocycles. The van der Waals surface area contributed by atoms with Crippen molar-refractivity contribution in [1.29, 1.82) is 0 Å². The smallest absolute Gasteiger partial charge is 0.141 e. The summed E-state index contributed by atoms with van der Waals surface area (Å²) < 4.78 is 11.4. The predicted octanol–water partition coefficient (Wildman–Crippen LogP) is 4.73. The molecule has 0 saturated carbocycles. The topological polar surface area (TPSA) is 42.4 Å². The maximum absolute atomic E-state index is 6.10. The van der Waals surface area contributed by atoms with Crippen molar-refractivity contribution in [3.05, 3.63) is 41.5 Å². The summed E-state index contributed by atoms with van der Waals surface area (Å²) >= 11 is 0. The first-order valence-corrected chi connectivity index (χ1v) is 8.81. The van der Waals surface area contributed by atoms with Crippen LogP contribution in [0.5, 0.6) is 0 Å². The van der Waals surface area contributed by atoms with E-state index in [1.807, 2.05) is 13.8 Å². The average molecular weight is 324 g/mol. The van der Waals surface area contributed by atoms with E-state index in [1.54, 1.807) is 0 Å². The van der Waals surface area contributed by atoms with E-state index in [0.717, 1.165) is 52.3 Å². The third-order valence-electron chi connectivity index (χ3n) is 5.23. The minimum absolute atomic E-state index is 0.709. The molecule has 4 nitrogen and oxygen atoms in total. The monoisotopic (exact) mass is 324 g/mol. The first kappa shape index (κ1) is 15.5. The summed E-state index contributed by atoms with van der Waals surface area (Å²) in [4.78, 5) is 2.56. The third-order valence-corrected chi connectivity index (χ3v) is 5.23. The highest BCUT2D eigenvalue weighted by atomic mass is 16.5. The van der Waals surface area contributed by atoms with Crippen LogP contribution in [-0.2, 0) is 6.42 Å². The fraction of sp³-hybridized carbons (Fsp3) is 0.450. The molecule has 0 spiro atoms. The number of hydrogen-bond acceptors (Lipinski definition) is 4. The van der Waals surface area contributed by atoms with Gasteiger partial charge in [-0.05, 0) is 57.9 Å². The number of hydrogen-bond donors (Lipinski definition) is 0. The minimum atomic E-state index is 0.709. The molecule has 0 N–H and O–H groups in total. The number of aryl methyl sites for hydroxylation is 2. The number of furan rings is 1. The van der Waals surface area contributed by atoms with Gasteiger partial charge in [0.25, 0.3) is 0 Å². The molecule has 0 amide bonds. The van der Waals surface area contributed by atoms with E-state index in [4.69, 9.17) is 8.94 Å². The number of likely N-dealkylation sites (tertiary alicyclic amines) is 1. The molecule has 3 heterocycles. The van der Waals surface area contributed by atoms with Gasteiger partial charge in [-0.2, -0.15) is 0 Å². The summed E-state index contributed by atoms with van der Waals surface area (Å²) in [5, 5.41) is 5.21. The second-order valence-electron chi connectivity index (χ2n) is 6.94. The van der Waals surface area contributed by atoms with Gasteiger partial charge in [0.2, 0.25) is 0 Å². The fourth-order valence-electron chi connectivity index (χ4n) is 3.84. The Morgan fingerprint density at radius 3 is 2.83 bits per heavy atom. The lowest BCUT2D eigenvalue weighted by Crippen LogP contribution is -2.28. The van der Waals surface area contributed by atoms with E-state index in [2.05, 4.69) is 41.2 Å². The number of nitrogens with zero attached hydrogens (tertiary/aromatic N) is 2. The first-order chi connectivity index (χ1) is 11.6. The molecule has 24 heavy (non-hydrogen) atoms. The van der Waals surface area contributed by atoms with E-state index in [-0.39, 0.29) is 0 Å². The van der Waals surface area contributed by atoms with Gasteiger partial charge in [0.05, 0.1) is 5.69 Å². The molecular formula is C20H24N2O2. The number of aromatic nitrogens is 1. The largest absolute Gasteiger partial charge is 0.461 e. The zero-order valence-corrected chi connectivity index (χ0v) is 14.6. The van der Waals surface area contributed by atoms with Crippen LogP contribution in [0.2, 0.25) is 0 Å². The summed E-state index contributed by atoms with van der Waals surface area (Å²) in [5.41, 5.74) is 4.03. The Morgan fingerprint density at radius 1 is 1.25 bits per heavy atom. The second-order valence-corrected chi connectivity index (χ2v) is 6.94. The van der Waals surface area contributed by atoms with Crippen molar-refractivity contribution >= 4 is 11.0 Å². The van der Waals surface area contributed by atoms with Crippen LogP contribution in [0.25, 0.3) is 22.1 Å². The molecule has 1 atom stereocenters. The van der Waals surface area contributed by atoms with Gasteiger partial charge in [0.15, 0.2) is 0 Å². The predicted molar refractivity (Wildman–Crippen MR) is 95.2 cm³/mol. The minimum Gasteiger partial charge on any atom is -0.461 e. The van der Waals surface area contributed by atoms with Gasteiger partial charge < -0.3 is 13.8 Å². The van der Waals surface area contributed by atoms with E-state index < -0.39 is 0 Å². The Balaban J connectivity index is 1.57. The summed E-state index contributed by atoms with van der Waals surface area (Å²) in [7, 11) is 0. The van der Waals surface area contributed by atoms with Crippen LogP contribution in [0.4, 0.5) is 0 Å². The first-order valence-electron chi connectivity index (χ1n) is 8.81. The Kier molecular flexibility index (Phi) is 3.93. The second kappa shape index (κ2) is 6.10. The highest BCUT2D eigenvalue weighted by Gasteiger charge is 2.20. The van der Waals surface area contributed by atoms with Gasteiger partial charge in [-0.1, -0.05) is 17.3 Å². The normalized spacial score (nSPS) is 18.7. The zero-order chi connectivity index (χ0) is 16.7. The van der Waals surface area contributed by atoms with Crippen LogP contribution in [0.3, 0.4) is 0 Å². The van der Waals surface area contributed by atoms with Gasteiger partial charge in [-0.15, -0.1) is 0 Å². The van der Waals surface area contributed by atoms with Crippen molar-refractivity contribution in [3.8, 4) is 11.1 Å². The molecule has 0 bridgehead atoms. The van der Waals surface area contributed by atoms with E-state index in [1.165, 1.54) is 19.4 Å². The van der Waals surface area contributed by atoms with Crippen LogP contribution >= 0.6 is 0 Å². The molecule has 126 valence electrons. The zero-order valence-electron chi connectivity index (χ0n) is 14.6. The SMILES string of the molecule is Cc1noc(C)c1-c1ccc2cc(CCN3CCC[C@H]3C)oc2c1. The Bertz CT molecular complexity index is 842. The van der Waals surface area contributed by atoms with E-state index in [0.29, 0.717) is 6.04 Å². The van der Waals surface area contributed by atoms with Crippen LogP contribution < -0.4 is 0 Å². The van der Waals surface area contributed by atoms with Crippen molar-refractivity contribution in [2.45, 2.75) is 46.1 Å². The van der Waals surface area contributed by atoms with Gasteiger partial charge in [0.1, 0.15) is 17.1 Å². The quantitative estimate of drug-likeness (QED) is 0.695. The van der Waals surface area contributed by atoms with Crippen LogP contribution in [0, 0.1) is 13.8 Å². The number of fused-ring (bicyclic) bond motifs is 1. The number of rotatable bonds is 4. The van der Waals surface area contributed by atoms with Gasteiger partial charge in [-0.3, -0.25) is 0 Å². The molecule has 4 rings (SSSR count).